The summed E-state index contributed by atoms with van der Waals surface area (Å²) in [7, 11) is 0. The lowest BCUT2D eigenvalue weighted by molar-refractivity contribution is -0.140. The fourth-order valence-electron chi connectivity index (χ4n) is 1.05. The number of nitrogens with one attached hydrogen (secondary N) is 2. The van der Waals surface area contributed by atoms with Crippen molar-refractivity contribution < 1.29 is 19.5 Å². The monoisotopic (exact) mass is 274 g/mol. The van der Waals surface area contributed by atoms with Crippen LogP contribution in [0.15, 0.2) is 12.7 Å². The van der Waals surface area contributed by atoms with Crippen LogP contribution >= 0.6 is 11.8 Å². The first-order valence-electron chi connectivity index (χ1n) is 5.38. The molecule has 0 bridgehead atoms. The molecule has 6 nitrogen and oxygen atoms in total. The van der Waals surface area contributed by atoms with E-state index >= 15 is 0 Å². The zero-order chi connectivity index (χ0) is 14.1. The zero-order valence-electron chi connectivity index (χ0n) is 10.4. The third-order valence-corrected chi connectivity index (χ3v) is 3.22. The highest BCUT2D eigenvalue weighted by atomic mass is 32.2. The molecular formula is C11H18N2O4S. The van der Waals surface area contributed by atoms with Gasteiger partial charge in [0.1, 0.15) is 6.04 Å². The van der Waals surface area contributed by atoms with E-state index in [1.165, 1.54) is 18.7 Å². The summed E-state index contributed by atoms with van der Waals surface area (Å²) >= 11 is 1.17. The molecule has 7 heteroatoms. The molecule has 0 aromatic rings. The molecule has 0 aliphatic heterocycles. The van der Waals surface area contributed by atoms with Crippen LogP contribution in [-0.2, 0) is 14.4 Å². The molecule has 3 N–H and O–H groups in total. The number of aliphatic carboxylic acids is 1. The highest BCUT2D eigenvalue weighted by molar-refractivity contribution is 8.00. The van der Waals surface area contributed by atoms with Crippen molar-refractivity contribution in [3.63, 3.8) is 0 Å². The molecule has 0 heterocycles. The quantitative estimate of drug-likeness (QED) is 0.541. The Morgan fingerprint density at radius 2 is 2.06 bits per heavy atom. The first kappa shape index (κ1) is 16.5. The maximum atomic E-state index is 11.5. The standard InChI is InChI=1S/C11H18N2O4S/c1-4-5-12-10(15)7(2)18-6-9(11(16)17)13-8(3)14/h4,7,9H,1,5-6H2,2-3H3,(H,12,15)(H,13,14)(H,16,17). The largest absolute Gasteiger partial charge is 0.480 e. The number of amides is 2. The second-order valence-electron chi connectivity index (χ2n) is 3.60. The van der Waals surface area contributed by atoms with Crippen molar-refractivity contribution in [1.82, 2.24) is 10.6 Å². The van der Waals surface area contributed by atoms with Crippen LogP contribution in [0, 0.1) is 0 Å². The summed E-state index contributed by atoms with van der Waals surface area (Å²) in [5, 5.41) is 13.4. The van der Waals surface area contributed by atoms with Gasteiger partial charge in [-0.15, -0.1) is 18.3 Å². The van der Waals surface area contributed by atoms with E-state index in [9.17, 15) is 14.4 Å². The van der Waals surface area contributed by atoms with Crippen LogP contribution in [-0.4, -0.2) is 46.5 Å². The number of carbonyl (C=O) groups is 3. The summed E-state index contributed by atoms with van der Waals surface area (Å²) in [4.78, 5) is 33.1. The molecule has 0 aromatic heterocycles. The second kappa shape index (κ2) is 8.57. The number of hydrogen-bond acceptors (Lipinski definition) is 4. The van der Waals surface area contributed by atoms with Crippen LogP contribution in [0.25, 0.3) is 0 Å². The van der Waals surface area contributed by atoms with E-state index < -0.39 is 17.9 Å². The van der Waals surface area contributed by atoms with Crippen molar-refractivity contribution in [3.8, 4) is 0 Å². The molecule has 102 valence electrons. The molecule has 2 atom stereocenters. The van der Waals surface area contributed by atoms with Gasteiger partial charge in [0.25, 0.3) is 0 Å². The summed E-state index contributed by atoms with van der Waals surface area (Å²) in [6.07, 6.45) is 1.56. The minimum absolute atomic E-state index is 0.136. The fourth-order valence-corrected chi connectivity index (χ4v) is 1.99. The summed E-state index contributed by atoms with van der Waals surface area (Å²) < 4.78 is 0. The average molecular weight is 274 g/mol. The molecule has 2 unspecified atom stereocenters. The molecule has 0 radical (unpaired) electrons. The Morgan fingerprint density at radius 3 is 2.50 bits per heavy atom. The molecule has 0 saturated carbocycles. The Hall–Kier alpha value is -1.50. The van der Waals surface area contributed by atoms with Crippen LogP contribution in [0.4, 0.5) is 0 Å². The predicted molar refractivity (Wildman–Crippen MR) is 70.4 cm³/mol. The van der Waals surface area contributed by atoms with E-state index in [-0.39, 0.29) is 16.9 Å². The molecule has 18 heavy (non-hydrogen) atoms. The van der Waals surface area contributed by atoms with Gasteiger partial charge in [-0.1, -0.05) is 6.08 Å². The maximum absolute atomic E-state index is 11.5. The smallest absolute Gasteiger partial charge is 0.327 e. The molecule has 0 aliphatic carbocycles. The van der Waals surface area contributed by atoms with Gasteiger partial charge in [0.2, 0.25) is 11.8 Å². The molecule has 0 aliphatic rings. The van der Waals surface area contributed by atoms with E-state index in [2.05, 4.69) is 17.2 Å². The van der Waals surface area contributed by atoms with Gasteiger partial charge in [0.15, 0.2) is 0 Å². The minimum Gasteiger partial charge on any atom is -0.480 e. The summed E-state index contributed by atoms with van der Waals surface area (Å²) in [6.45, 7) is 6.78. The predicted octanol–water partition coefficient (Wildman–Crippen LogP) is -0.000400. The molecule has 0 aromatic carbocycles. The Bertz CT molecular complexity index is 333. The molecular weight excluding hydrogens is 256 g/mol. The summed E-state index contributed by atoms with van der Waals surface area (Å²) in [6, 6.07) is -0.984. The van der Waals surface area contributed by atoms with Crippen molar-refractivity contribution in [2.45, 2.75) is 25.1 Å². The SMILES string of the molecule is C=CCNC(=O)C(C)SCC(NC(C)=O)C(=O)O. The topological polar surface area (TPSA) is 95.5 Å². The van der Waals surface area contributed by atoms with E-state index in [1.54, 1.807) is 13.0 Å². The molecule has 0 spiro atoms. The molecule has 0 fully saturated rings. The lowest BCUT2D eigenvalue weighted by atomic mass is 10.3. The highest BCUT2D eigenvalue weighted by Gasteiger charge is 2.21. The van der Waals surface area contributed by atoms with E-state index in [0.717, 1.165) is 0 Å². The van der Waals surface area contributed by atoms with Gasteiger partial charge < -0.3 is 15.7 Å². The Labute approximate surface area is 110 Å². The van der Waals surface area contributed by atoms with Crippen LogP contribution in [0.5, 0.6) is 0 Å². The van der Waals surface area contributed by atoms with Crippen LogP contribution in [0.1, 0.15) is 13.8 Å². The van der Waals surface area contributed by atoms with Crippen molar-refractivity contribution in [1.29, 1.82) is 0 Å². The Balaban J connectivity index is 4.17. The number of hydrogen-bond donors (Lipinski definition) is 3. The Morgan fingerprint density at radius 1 is 1.44 bits per heavy atom. The summed E-state index contributed by atoms with van der Waals surface area (Å²) in [5.74, 6) is -1.58. The Kier molecular flexibility index (Phi) is 7.86. The highest BCUT2D eigenvalue weighted by Crippen LogP contribution is 2.12. The molecule has 2 amide bonds. The van der Waals surface area contributed by atoms with E-state index in [1.807, 2.05) is 0 Å². The van der Waals surface area contributed by atoms with Crippen molar-refractivity contribution in [2.24, 2.45) is 0 Å². The van der Waals surface area contributed by atoms with E-state index in [0.29, 0.717) is 6.54 Å². The van der Waals surface area contributed by atoms with Crippen LogP contribution < -0.4 is 10.6 Å². The molecule has 0 rings (SSSR count). The second-order valence-corrected chi connectivity index (χ2v) is 4.97. The van der Waals surface area contributed by atoms with Gasteiger partial charge in [0, 0.05) is 19.2 Å². The molecule has 0 saturated heterocycles. The normalized spacial score (nSPS) is 13.2. The number of rotatable bonds is 8. The summed E-state index contributed by atoms with van der Waals surface area (Å²) in [5.41, 5.74) is 0. The lowest BCUT2D eigenvalue weighted by Gasteiger charge is -2.16. The minimum atomic E-state index is -1.11. The first-order chi connectivity index (χ1) is 8.38. The maximum Gasteiger partial charge on any atom is 0.327 e. The van der Waals surface area contributed by atoms with Crippen molar-refractivity contribution >= 4 is 29.5 Å². The lowest BCUT2D eigenvalue weighted by Crippen LogP contribution is -2.42. The van der Waals surface area contributed by atoms with Gasteiger partial charge in [-0.25, -0.2) is 4.79 Å². The number of thioether (sulfide) groups is 1. The first-order valence-corrected chi connectivity index (χ1v) is 6.43. The zero-order valence-corrected chi connectivity index (χ0v) is 11.3. The number of carboxylic acid groups (broad SMARTS) is 1. The van der Waals surface area contributed by atoms with Crippen LogP contribution in [0.2, 0.25) is 0 Å². The number of carbonyl (C=O) groups excluding carboxylic acids is 2. The van der Waals surface area contributed by atoms with Gasteiger partial charge in [0.05, 0.1) is 5.25 Å². The fraction of sp³-hybridized carbons (Fsp3) is 0.545. The number of carboxylic acids is 1. The van der Waals surface area contributed by atoms with Crippen LogP contribution in [0.3, 0.4) is 0 Å². The third kappa shape index (κ3) is 6.95. The van der Waals surface area contributed by atoms with E-state index in [4.69, 9.17) is 5.11 Å². The van der Waals surface area contributed by atoms with Gasteiger partial charge >= 0.3 is 5.97 Å². The van der Waals surface area contributed by atoms with Crippen molar-refractivity contribution in [2.75, 3.05) is 12.3 Å². The van der Waals surface area contributed by atoms with Gasteiger partial charge in [-0.05, 0) is 6.92 Å². The van der Waals surface area contributed by atoms with Gasteiger partial charge in [-0.2, -0.15) is 0 Å². The van der Waals surface area contributed by atoms with Crippen molar-refractivity contribution in [3.05, 3.63) is 12.7 Å². The average Bonchev–Trinajstić information content (AvgIpc) is 2.30. The van der Waals surface area contributed by atoms with Gasteiger partial charge in [-0.3, -0.25) is 9.59 Å². The third-order valence-electron chi connectivity index (χ3n) is 1.98.